The average Bonchev–Trinajstić information content (AvgIpc) is 3.06. The summed E-state index contributed by atoms with van der Waals surface area (Å²) >= 11 is 5.10. The molecule has 0 radical (unpaired) electrons. The van der Waals surface area contributed by atoms with E-state index in [4.69, 9.17) is 4.74 Å². The monoisotopic (exact) mass is 374 g/mol. The van der Waals surface area contributed by atoms with Crippen LogP contribution >= 0.6 is 27.3 Å². The number of hydrogen-bond acceptors (Lipinski definition) is 4. The molecule has 112 valence electrons. The van der Waals surface area contributed by atoms with Gasteiger partial charge in [0, 0.05) is 28.2 Å². The second-order valence-electron chi connectivity index (χ2n) is 4.72. The highest BCUT2D eigenvalue weighted by atomic mass is 79.9. The van der Waals surface area contributed by atoms with E-state index in [1.807, 2.05) is 35.7 Å². The molecule has 0 aliphatic heterocycles. The summed E-state index contributed by atoms with van der Waals surface area (Å²) in [5.41, 5.74) is 2.25. The van der Waals surface area contributed by atoms with E-state index in [-0.39, 0.29) is 0 Å². The van der Waals surface area contributed by atoms with Crippen molar-refractivity contribution in [2.75, 3.05) is 5.32 Å². The molecule has 2 aromatic carbocycles. The zero-order chi connectivity index (χ0) is 15.2. The number of ether oxygens (including phenoxy) is 1. The predicted molar refractivity (Wildman–Crippen MR) is 94.4 cm³/mol. The Morgan fingerprint density at radius 2 is 2.00 bits per heavy atom. The molecule has 5 heteroatoms. The second-order valence-corrected chi connectivity index (χ2v) is 6.53. The number of nitrogens with one attached hydrogen (secondary N) is 1. The van der Waals surface area contributed by atoms with Crippen LogP contribution < -0.4 is 10.1 Å². The van der Waals surface area contributed by atoms with E-state index in [0.29, 0.717) is 13.2 Å². The third-order valence-electron chi connectivity index (χ3n) is 3.12. The molecule has 1 heterocycles. The van der Waals surface area contributed by atoms with Gasteiger partial charge in [-0.3, -0.25) is 0 Å². The predicted octanol–water partition coefficient (Wildman–Crippen LogP) is 5.10. The summed E-state index contributed by atoms with van der Waals surface area (Å²) in [7, 11) is 0. The van der Waals surface area contributed by atoms with E-state index in [1.54, 1.807) is 17.5 Å². The number of thiazole rings is 1. The summed E-state index contributed by atoms with van der Waals surface area (Å²) in [5, 5.41) is 6.18. The van der Waals surface area contributed by atoms with Crippen LogP contribution in [0.4, 0.5) is 5.13 Å². The summed E-state index contributed by atoms with van der Waals surface area (Å²) in [4.78, 5) is 4.23. The first-order chi connectivity index (χ1) is 10.8. The van der Waals surface area contributed by atoms with E-state index in [2.05, 4.69) is 44.4 Å². The van der Waals surface area contributed by atoms with Gasteiger partial charge in [-0.15, -0.1) is 11.3 Å². The Balaban J connectivity index is 1.70. The lowest BCUT2D eigenvalue weighted by Crippen LogP contribution is -2.03. The average molecular weight is 375 g/mol. The van der Waals surface area contributed by atoms with Crippen molar-refractivity contribution in [1.82, 2.24) is 4.98 Å². The van der Waals surface area contributed by atoms with Crippen molar-refractivity contribution in [3.8, 4) is 5.75 Å². The van der Waals surface area contributed by atoms with Gasteiger partial charge in [-0.05, 0) is 23.8 Å². The molecular weight excluding hydrogens is 360 g/mol. The van der Waals surface area contributed by atoms with Crippen LogP contribution in [0.25, 0.3) is 0 Å². The van der Waals surface area contributed by atoms with Gasteiger partial charge in [0.15, 0.2) is 5.13 Å². The van der Waals surface area contributed by atoms with Crippen molar-refractivity contribution < 1.29 is 4.74 Å². The molecule has 22 heavy (non-hydrogen) atoms. The maximum Gasteiger partial charge on any atom is 0.182 e. The normalized spacial score (nSPS) is 10.4. The van der Waals surface area contributed by atoms with E-state index >= 15 is 0 Å². The lowest BCUT2D eigenvalue weighted by molar-refractivity contribution is 0.303. The van der Waals surface area contributed by atoms with E-state index < -0.39 is 0 Å². The zero-order valence-electron chi connectivity index (χ0n) is 11.8. The van der Waals surface area contributed by atoms with Crippen molar-refractivity contribution in [3.63, 3.8) is 0 Å². The molecule has 1 N–H and O–H groups in total. The molecule has 0 atom stereocenters. The number of benzene rings is 2. The SMILES string of the molecule is Brc1ccc(OCc2ccccc2)c(CNc2nccs2)c1. The fraction of sp³-hybridized carbons (Fsp3) is 0.118. The molecule has 0 bridgehead atoms. The number of halogens is 1. The zero-order valence-corrected chi connectivity index (χ0v) is 14.2. The number of hydrogen-bond donors (Lipinski definition) is 1. The maximum absolute atomic E-state index is 5.97. The maximum atomic E-state index is 5.97. The molecule has 0 spiro atoms. The van der Waals surface area contributed by atoms with E-state index in [1.165, 1.54) is 0 Å². The van der Waals surface area contributed by atoms with Crippen LogP contribution in [0.5, 0.6) is 5.75 Å². The lowest BCUT2D eigenvalue weighted by atomic mass is 10.2. The second kappa shape index (κ2) is 7.42. The molecule has 0 amide bonds. The van der Waals surface area contributed by atoms with Crippen molar-refractivity contribution in [2.24, 2.45) is 0 Å². The van der Waals surface area contributed by atoms with Crippen LogP contribution in [-0.2, 0) is 13.2 Å². The first kappa shape index (κ1) is 15.1. The number of nitrogens with zero attached hydrogens (tertiary/aromatic N) is 1. The smallest absolute Gasteiger partial charge is 0.182 e. The molecule has 3 aromatic rings. The van der Waals surface area contributed by atoms with Crippen LogP contribution in [0.3, 0.4) is 0 Å². The summed E-state index contributed by atoms with van der Waals surface area (Å²) in [6.45, 7) is 1.24. The van der Waals surface area contributed by atoms with Crippen LogP contribution in [0.15, 0.2) is 64.6 Å². The number of rotatable bonds is 6. The number of anilines is 1. The van der Waals surface area contributed by atoms with Crippen LogP contribution in [0, 0.1) is 0 Å². The fourth-order valence-corrected chi connectivity index (χ4v) is 2.98. The molecule has 0 aliphatic carbocycles. The van der Waals surface area contributed by atoms with Gasteiger partial charge in [0.2, 0.25) is 0 Å². The minimum atomic E-state index is 0.562. The molecular formula is C17H15BrN2OS. The Bertz CT molecular complexity index is 717. The molecule has 0 saturated carbocycles. The van der Waals surface area contributed by atoms with Gasteiger partial charge in [0.1, 0.15) is 12.4 Å². The molecule has 0 fully saturated rings. The van der Waals surface area contributed by atoms with Gasteiger partial charge in [0.05, 0.1) is 0 Å². The topological polar surface area (TPSA) is 34.1 Å². The minimum Gasteiger partial charge on any atom is -0.489 e. The molecule has 0 unspecified atom stereocenters. The third-order valence-corrected chi connectivity index (χ3v) is 4.35. The highest BCUT2D eigenvalue weighted by molar-refractivity contribution is 9.10. The van der Waals surface area contributed by atoms with Gasteiger partial charge >= 0.3 is 0 Å². The van der Waals surface area contributed by atoms with Gasteiger partial charge in [-0.1, -0.05) is 46.3 Å². The van der Waals surface area contributed by atoms with Gasteiger partial charge in [-0.25, -0.2) is 4.98 Å². The first-order valence-electron chi connectivity index (χ1n) is 6.90. The van der Waals surface area contributed by atoms with Crippen molar-refractivity contribution in [2.45, 2.75) is 13.2 Å². The van der Waals surface area contributed by atoms with Crippen LogP contribution in [0.2, 0.25) is 0 Å². The van der Waals surface area contributed by atoms with Crippen molar-refractivity contribution in [1.29, 1.82) is 0 Å². The van der Waals surface area contributed by atoms with Crippen LogP contribution in [0.1, 0.15) is 11.1 Å². The highest BCUT2D eigenvalue weighted by Gasteiger charge is 2.06. The summed E-state index contributed by atoms with van der Waals surface area (Å²) < 4.78 is 7.01. The standard InChI is InChI=1S/C17H15BrN2OS/c18-15-6-7-16(21-12-13-4-2-1-3-5-13)14(10-15)11-20-17-19-8-9-22-17/h1-10H,11-12H2,(H,19,20). The third kappa shape index (κ3) is 4.08. The largest absolute Gasteiger partial charge is 0.489 e. The van der Waals surface area contributed by atoms with Gasteiger partial charge in [0.25, 0.3) is 0 Å². The molecule has 3 nitrogen and oxygen atoms in total. The Morgan fingerprint density at radius 1 is 1.14 bits per heavy atom. The van der Waals surface area contributed by atoms with Gasteiger partial charge in [-0.2, -0.15) is 0 Å². The van der Waals surface area contributed by atoms with Gasteiger partial charge < -0.3 is 10.1 Å². The van der Waals surface area contributed by atoms with Crippen molar-refractivity contribution >= 4 is 32.4 Å². The Morgan fingerprint density at radius 3 is 2.77 bits per heavy atom. The minimum absolute atomic E-state index is 0.562. The van der Waals surface area contributed by atoms with E-state index in [9.17, 15) is 0 Å². The Kier molecular flexibility index (Phi) is 5.08. The highest BCUT2D eigenvalue weighted by Crippen LogP contribution is 2.25. The Hall–Kier alpha value is -1.85. The molecule has 1 aromatic heterocycles. The Labute approximate surface area is 142 Å². The fourth-order valence-electron chi connectivity index (χ4n) is 2.04. The first-order valence-corrected chi connectivity index (χ1v) is 8.57. The van der Waals surface area contributed by atoms with E-state index in [0.717, 1.165) is 26.5 Å². The van der Waals surface area contributed by atoms with Crippen molar-refractivity contribution in [3.05, 3.63) is 75.7 Å². The molecule has 0 aliphatic rings. The quantitative estimate of drug-likeness (QED) is 0.651. The van der Waals surface area contributed by atoms with Crippen LogP contribution in [-0.4, -0.2) is 4.98 Å². The number of aromatic nitrogens is 1. The summed E-state index contributed by atoms with van der Waals surface area (Å²) in [6, 6.07) is 16.2. The lowest BCUT2D eigenvalue weighted by Gasteiger charge is -2.12. The summed E-state index contributed by atoms with van der Waals surface area (Å²) in [6.07, 6.45) is 1.79. The molecule has 0 saturated heterocycles. The summed E-state index contributed by atoms with van der Waals surface area (Å²) in [5.74, 6) is 0.885. The molecule has 3 rings (SSSR count).